The summed E-state index contributed by atoms with van der Waals surface area (Å²) in [5.41, 5.74) is 0. The molecule has 16 heavy (non-hydrogen) atoms. The molecule has 2 rings (SSSR count). The molecule has 0 aromatic carbocycles. The molecule has 1 atom stereocenters. The molecule has 0 N–H and O–H groups in total. The monoisotopic (exact) mass is 302 g/mol. The Morgan fingerprint density at radius 2 is 2.31 bits per heavy atom. The van der Waals surface area contributed by atoms with E-state index in [-0.39, 0.29) is 0 Å². The van der Waals surface area contributed by atoms with Crippen molar-refractivity contribution in [3.05, 3.63) is 20.8 Å². The van der Waals surface area contributed by atoms with E-state index in [2.05, 4.69) is 51.1 Å². The first-order valence-electron chi connectivity index (χ1n) is 5.81. The predicted octanol–water partition coefficient (Wildman–Crippen LogP) is 3.04. The van der Waals surface area contributed by atoms with Gasteiger partial charge < -0.3 is 4.90 Å². The maximum absolute atomic E-state index is 3.62. The fraction of sp³-hybridized carbons (Fsp3) is 0.667. The maximum Gasteiger partial charge on any atom is 0.0342 e. The van der Waals surface area contributed by atoms with Gasteiger partial charge in [-0.05, 0) is 54.3 Å². The highest BCUT2D eigenvalue weighted by atomic mass is 79.9. The van der Waals surface area contributed by atoms with E-state index in [1.165, 1.54) is 35.4 Å². The number of thiophene rings is 1. The van der Waals surface area contributed by atoms with Gasteiger partial charge in [-0.25, -0.2) is 0 Å². The zero-order valence-electron chi connectivity index (χ0n) is 9.95. The van der Waals surface area contributed by atoms with Crippen LogP contribution in [0.5, 0.6) is 0 Å². The highest BCUT2D eigenvalue weighted by Crippen LogP contribution is 2.25. The smallest absolute Gasteiger partial charge is 0.0342 e. The molecule has 1 aliphatic rings. The Morgan fingerprint density at radius 1 is 1.50 bits per heavy atom. The predicted molar refractivity (Wildman–Crippen MR) is 74.0 cm³/mol. The van der Waals surface area contributed by atoms with Gasteiger partial charge >= 0.3 is 0 Å². The molecule has 1 unspecified atom stereocenters. The van der Waals surface area contributed by atoms with Crippen molar-refractivity contribution in [2.45, 2.75) is 25.9 Å². The molecular weight excluding hydrogens is 284 g/mol. The van der Waals surface area contributed by atoms with Gasteiger partial charge in [0.1, 0.15) is 0 Å². The van der Waals surface area contributed by atoms with E-state index in [0.717, 1.165) is 6.54 Å². The van der Waals surface area contributed by atoms with E-state index in [1.54, 1.807) is 0 Å². The highest BCUT2D eigenvalue weighted by Gasteiger charge is 2.20. The molecule has 1 aromatic rings. The van der Waals surface area contributed by atoms with Crippen LogP contribution < -0.4 is 0 Å². The van der Waals surface area contributed by atoms with Gasteiger partial charge in [0.2, 0.25) is 0 Å². The van der Waals surface area contributed by atoms with Crippen LogP contribution in [0.15, 0.2) is 15.9 Å². The summed E-state index contributed by atoms with van der Waals surface area (Å²) in [6.45, 7) is 7.06. The number of rotatable bonds is 2. The van der Waals surface area contributed by atoms with Crippen molar-refractivity contribution in [2.75, 3.05) is 26.7 Å². The van der Waals surface area contributed by atoms with Gasteiger partial charge in [0.15, 0.2) is 0 Å². The van der Waals surface area contributed by atoms with Gasteiger partial charge in [-0.1, -0.05) is 0 Å². The van der Waals surface area contributed by atoms with Crippen LogP contribution in [-0.4, -0.2) is 42.5 Å². The zero-order valence-corrected chi connectivity index (χ0v) is 12.4. The molecule has 1 saturated heterocycles. The zero-order chi connectivity index (χ0) is 11.5. The number of hydrogen-bond donors (Lipinski definition) is 0. The number of halogens is 1. The Kier molecular flexibility index (Phi) is 4.41. The molecule has 1 aromatic heterocycles. The van der Waals surface area contributed by atoms with Crippen LogP contribution in [0.4, 0.5) is 0 Å². The Morgan fingerprint density at radius 3 is 3.00 bits per heavy atom. The van der Waals surface area contributed by atoms with E-state index in [9.17, 15) is 0 Å². The fourth-order valence-corrected chi connectivity index (χ4v) is 3.78. The molecule has 0 amide bonds. The second-order valence-corrected chi connectivity index (χ2v) is 6.48. The van der Waals surface area contributed by atoms with Gasteiger partial charge in [0.25, 0.3) is 0 Å². The van der Waals surface area contributed by atoms with E-state index in [1.807, 2.05) is 11.3 Å². The number of hydrogen-bond acceptors (Lipinski definition) is 3. The summed E-state index contributed by atoms with van der Waals surface area (Å²) in [6.07, 6.45) is 1.28. The normalized spacial score (nSPS) is 24.6. The van der Waals surface area contributed by atoms with Gasteiger partial charge in [-0.2, -0.15) is 0 Å². The third-order valence-electron chi connectivity index (χ3n) is 3.22. The average Bonchev–Trinajstić information content (AvgIpc) is 2.55. The van der Waals surface area contributed by atoms with Crippen molar-refractivity contribution in [2.24, 2.45) is 0 Å². The van der Waals surface area contributed by atoms with Crippen molar-refractivity contribution < 1.29 is 0 Å². The molecule has 2 nitrogen and oxygen atoms in total. The number of nitrogens with zero attached hydrogens (tertiary/aromatic N) is 2. The third-order valence-corrected chi connectivity index (χ3v) is 5.13. The first-order valence-corrected chi connectivity index (χ1v) is 7.48. The summed E-state index contributed by atoms with van der Waals surface area (Å²) in [4.78, 5) is 6.49. The Labute approximate surface area is 110 Å². The minimum atomic E-state index is 0.654. The molecule has 4 heteroatoms. The maximum atomic E-state index is 3.62. The van der Waals surface area contributed by atoms with Crippen LogP contribution in [0.25, 0.3) is 0 Å². The topological polar surface area (TPSA) is 6.48 Å². The molecular formula is C12H19BrN2S. The lowest BCUT2D eigenvalue weighted by Crippen LogP contribution is -2.37. The van der Waals surface area contributed by atoms with Crippen LogP contribution in [0.1, 0.15) is 18.2 Å². The second-order valence-electron chi connectivity index (χ2n) is 4.63. The molecule has 0 spiro atoms. The van der Waals surface area contributed by atoms with E-state index >= 15 is 0 Å². The summed E-state index contributed by atoms with van der Waals surface area (Å²) in [5.74, 6) is 0. The summed E-state index contributed by atoms with van der Waals surface area (Å²) in [6, 6.07) is 2.80. The van der Waals surface area contributed by atoms with Crippen molar-refractivity contribution in [3.8, 4) is 0 Å². The lowest BCUT2D eigenvalue weighted by atomic mass is 10.2. The first kappa shape index (κ1) is 12.6. The molecule has 90 valence electrons. The molecule has 2 heterocycles. The van der Waals surface area contributed by atoms with Crippen LogP contribution in [0, 0.1) is 0 Å². The van der Waals surface area contributed by atoms with E-state index in [0.29, 0.717) is 6.04 Å². The van der Waals surface area contributed by atoms with Crippen molar-refractivity contribution >= 4 is 27.3 Å². The van der Waals surface area contributed by atoms with Gasteiger partial charge in [0, 0.05) is 35.0 Å². The van der Waals surface area contributed by atoms with Crippen molar-refractivity contribution in [3.63, 3.8) is 0 Å². The van der Waals surface area contributed by atoms with Gasteiger partial charge in [0.05, 0.1) is 0 Å². The van der Waals surface area contributed by atoms with Crippen LogP contribution >= 0.6 is 27.3 Å². The van der Waals surface area contributed by atoms with Crippen LogP contribution in [0.2, 0.25) is 0 Å². The second kappa shape index (κ2) is 5.63. The Bertz CT molecular complexity index is 340. The van der Waals surface area contributed by atoms with Gasteiger partial charge in [-0.3, -0.25) is 4.90 Å². The number of likely N-dealkylation sites (N-methyl/N-ethyl adjacent to an activating group) is 1. The van der Waals surface area contributed by atoms with Crippen LogP contribution in [0.3, 0.4) is 0 Å². The largest absolute Gasteiger partial charge is 0.305 e. The lowest BCUT2D eigenvalue weighted by Gasteiger charge is -2.27. The summed E-state index contributed by atoms with van der Waals surface area (Å²) in [7, 11) is 2.22. The van der Waals surface area contributed by atoms with Crippen LogP contribution in [-0.2, 0) is 6.54 Å². The molecule has 0 bridgehead atoms. The third kappa shape index (κ3) is 3.06. The Balaban J connectivity index is 2.01. The standard InChI is InChI=1S/C12H19BrN2S/c1-10-8-14(2)5-3-6-15(10)9-12-11(13)4-7-16-12/h4,7,10H,3,5-6,8-9H2,1-2H3. The van der Waals surface area contributed by atoms with Crippen molar-refractivity contribution in [1.82, 2.24) is 9.80 Å². The SMILES string of the molecule is CC1CN(C)CCCN1Cc1sccc1Br. The molecule has 0 radical (unpaired) electrons. The quantitative estimate of drug-likeness (QED) is 0.828. The Hall–Kier alpha value is 0.100. The fourth-order valence-electron chi connectivity index (χ4n) is 2.28. The molecule has 1 aliphatic heterocycles. The summed E-state index contributed by atoms with van der Waals surface area (Å²) >= 11 is 5.47. The highest BCUT2D eigenvalue weighted by molar-refractivity contribution is 9.10. The first-order chi connectivity index (χ1) is 7.66. The minimum absolute atomic E-state index is 0.654. The van der Waals surface area contributed by atoms with Gasteiger partial charge in [-0.15, -0.1) is 11.3 Å². The minimum Gasteiger partial charge on any atom is -0.305 e. The van der Waals surface area contributed by atoms with E-state index in [4.69, 9.17) is 0 Å². The lowest BCUT2D eigenvalue weighted by molar-refractivity contribution is 0.196. The summed E-state index contributed by atoms with van der Waals surface area (Å²) < 4.78 is 1.27. The van der Waals surface area contributed by atoms with Crippen molar-refractivity contribution in [1.29, 1.82) is 0 Å². The average molecular weight is 303 g/mol. The van der Waals surface area contributed by atoms with E-state index < -0.39 is 0 Å². The molecule has 0 aliphatic carbocycles. The summed E-state index contributed by atoms with van der Waals surface area (Å²) in [5, 5.41) is 2.16. The molecule has 1 fully saturated rings. The molecule has 0 saturated carbocycles.